The number of carboxylic acids is 1. The number of rotatable bonds is 5. The Morgan fingerprint density at radius 3 is 2.33 bits per heavy atom. The minimum absolute atomic E-state index is 0.0172. The SMILES string of the molecule is O=C(Nc1cc(Oc2ccc(F)cc2F)ccc1C(=O)O)c1ccccc1. The second kappa shape index (κ2) is 7.65. The average molecular weight is 369 g/mol. The molecular formula is C20H13F2NO4. The van der Waals surface area contributed by atoms with Crippen LogP contribution in [0.1, 0.15) is 20.7 Å². The van der Waals surface area contributed by atoms with Crippen LogP contribution in [0.3, 0.4) is 0 Å². The van der Waals surface area contributed by atoms with Gasteiger partial charge in [-0.1, -0.05) is 18.2 Å². The van der Waals surface area contributed by atoms with Crippen molar-refractivity contribution in [2.75, 3.05) is 5.32 Å². The quantitative estimate of drug-likeness (QED) is 0.683. The van der Waals surface area contributed by atoms with Crippen molar-refractivity contribution in [1.29, 1.82) is 0 Å². The van der Waals surface area contributed by atoms with Crippen LogP contribution in [0.4, 0.5) is 14.5 Å². The van der Waals surface area contributed by atoms with Gasteiger partial charge in [-0.15, -0.1) is 0 Å². The largest absolute Gasteiger partial charge is 0.478 e. The van der Waals surface area contributed by atoms with Crippen LogP contribution < -0.4 is 10.1 Å². The van der Waals surface area contributed by atoms with E-state index in [2.05, 4.69) is 5.32 Å². The van der Waals surface area contributed by atoms with Crippen molar-refractivity contribution in [2.24, 2.45) is 0 Å². The van der Waals surface area contributed by atoms with Crippen molar-refractivity contribution in [2.45, 2.75) is 0 Å². The molecule has 7 heteroatoms. The summed E-state index contributed by atoms with van der Waals surface area (Å²) in [5.74, 6) is -3.58. The highest BCUT2D eigenvalue weighted by Crippen LogP contribution is 2.29. The predicted molar refractivity (Wildman–Crippen MR) is 94.2 cm³/mol. The Morgan fingerprint density at radius 2 is 1.67 bits per heavy atom. The zero-order chi connectivity index (χ0) is 19.4. The minimum atomic E-state index is -1.25. The van der Waals surface area contributed by atoms with Gasteiger partial charge in [0.2, 0.25) is 0 Å². The fourth-order valence-electron chi connectivity index (χ4n) is 2.35. The number of benzene rings is 3. The first-order valence-electron chi connectivity index (χ1n) is 7.80. The Bertz CT molecular complexity index is 1010. The number of hydrogen-bond donors (Lipinski definition) is 2. The monoisotopic (exact) mass is 369 g/mol. The molecule has 27 heavy (non-hydrogen) atoms. The molecule has 0 fully saturated rings. The van der Waals surface area contributed by atoms with Crippen molar-refractivity contribution in [3.05, 3.63) is 89.5 Å². The number of aromatic carboxylic acids is 1. The van der Waals surface area contributed by atoms with Crippen molar-refractivity contribution in [1.82, 2.24) is 0 Å². The number of ether oxygens (including phenoxy) is 1. The van der Waals surface area contributed by atoms with E-state index in [1.54, 1.807) is 30.3 Å². The van der Waals surface area contributed by atoms with E-state index in [0.29, 0.717) is 11.6 Å². The number of carboxylic acid groups (broad SMARTS) is 1. The van der Waals surface area contributed by atoms with E-state index in [4.69, 9.17) is 4.74 Å². The number of hydrogen-bond acceptors (Lipinski definition) is 3. The molecule has 0 saturated heterocycles. The van der Waals surface area contributed by atoms with E-state index in [1.165, 1.54) is 18.2 Å². The van der Waals surface area contributed by atoms with E-state index in [1.807, 2.05) is 0 Å². The maximum Gasteiger partial charge on any atom is 0.337 e. The zero-order valence-electron chi connectivity index (χ0n) is 13.8. The van der Waals surface area contributed by atoms with Crippen LogP contribution in [0.5, 0.6) is 11.5 Å². The first-order valence-corrected chi connectivity index (χ1v) is 7.80. The Labute approximate surface area is 152 Å². The van der Waals surface area contributed by atoms with Gasteiger partial charge in [0.1, 0.15) is 11.6 Å². The van der Waals surface area contributed by atoms with Gasteiger partial charge in [-0.05, 0) is 36.4 Å². The highest BCUT2D eigenvalue weighted by Gasteiger charge is 2.16. The molecule has 0 aliphatic carbocycles. The molecule has 0 saturated carbocycles. The van der Waals surface area contributed by atoms with E-state index in [-0.39, 0.29) is 22.7 Å². The molecule has 0 radical (unpaired) electrons. The van der Waals surface area contributed by atoms with Crippen LogP contribution in [0.15, 0.2) is 66.7 Å². The van der Waals surface area contributed by atoms with Gasteiger partial charge in [0.05, 0.1) is 11.3 Å². The number of halogens is 2. The smallest absolute Gasteiger partial charge is 0.337 e. The summed E-state index contributed by atoms with van der Waals surface area (Å²) in [7, 11) is 0. The molecule has 0 unspecified atom stereocenters. The summed E-state index contributed by atoms with van der Waals surface area (Å²) in [6.45, 7) is 0. The second-order valence-electron chi connectivity index (χ2n) is 5.51. The van der Waals surface area contributed by atoms with Gasteiger partial charge >= 0.3 is 5.97 Å². The lowest BCUT2D eigenvalue weighted by Crippen LogP contribution is -2.14. The summed E-state index contributed by atoms with van der Waals surface area (Å²) in [6, 6.07) is 14.8. The normalized spacial score (nSPS) is 10.3. The molecule has 0 atom stereocenters. The zero-order valence-corrected chi connectivity index (χ0v) is 13.8. The first kappa shape index (κ1) is 18.1. The van der Waals surface area contributed by atoms with Gasteiger partial charge in [-0.25, -0.2) is 13.6 Å². The molecule has 0 heterocycles. The van der Waals surface area contributed by atoms with Crippen LogP contribution >= 0.6 is 0 Å². The van der Waals surface area contributed by atoms with Gasteiger partial charge in [-0.2, -0.15) is 0 Å². The maximum atomic E-state index is 13.7. The predicted octanol–water partition coefficient (Wildman–Crippen LogP) is 4.71. The van der Waals surface area contributed by atoms with E-state index in [0.717, 1.165) is 12.1 Å². The van der Waals surface area contributed by atoms with Gasteiger partial charge in [-0.3, -0.25) is 4.79 Å². The van der Waals surface area contributed by atoms with Crippen LogP contribution in [0, 0.1) is 11.6 Å². The van der Waals surface area contributed by atoms with Gasteiger partial charge < -0.3 is 15.2 Å². The topological polar surface area (TPSA) is 75.6 Å². The first-order chi connectivity index (χ1) is 12.9. The Hall–Kier alpha value is -3.74. The lowest BCUT2D eigenvalue weighted by molar-refractivity contribution is 0.0698. The Kier molecular flexibility index (Phi) is 5.12. The molecule has 0 aliphatic rings. The summed E-state index contributed by atoms with van der Waals surface area (Å²) in [6.07, 6.45) is 0. The molecule has 1 amide bonds. The number of amides is 1. The van der Waals surface area contributed by atoms with Crippen molar-refractivity contribution in [3.63, 3.8) is 0 Å². The number of carbonyl (C=O) groups is 2. The van der Waals surface area contributed by atoms with Crippen LogP contribution in [0.25, 0.3) is 0 Å². The molecule has 3 aromatic carbocycles. The van der Waals surface area contributed by atoms with E-state index >= 15 is 0 Å². The summed E-state index contributed by atoms with van der Waals surface area (Å²) >= 11 is 0. The fraction of sp³-hybridized carbons (Fsp3) is 0. The third kappa shape index (κ3) is 4.27. The molecule has 0 spiro atoms. The molecule has 5 nitrogen and oxygen atoms in total. The molecule has 0 bridgehead atoms. The highest BCUT2D eigenvalue weighted by molar-refractivity contribution is 6.07. The average Bonchev–Trinajstić information content (AvgIpc) is 2.64. The molecule has 0 aromatic heterocycles. The number of nitrogens with one attached hydrogen (secondary N) is 1. The van der Waals surface area contributed by atoms with E-state index in [9.17, 15) is 23.5 Å². The number of carbonyl (C=O) groups excluding carboxylic acids is 1. The summed E-state index contributed by atoms with van der Waals surface area (Å²) in [4.78, 5) is 23.7. The van der Waals surface area contributed by atoms with Crippen molar-refractivity contribution >= 4 is 17.6 Å². The Morgan fingerprint density at radius 1 is 0.926 bits per heavy atom. The van der Waals surface area contributed by atoms with Crippen LogP contribution in [0.2, 0.25) is 0 Å². The minimum Gasteiger partial charge on any atom is -0.478 e. The van der Waals surface area contributed by atoms with E-state index < -0.39 is 23.5 Å². The lowest BCUT2D eigenvalue weighted by Gasteiger charge is -2.12. The van der Waals surface area contributed by atoms with Crippen molar-refractivity contribution in [3.8, 4) is 11.5 Å². The maximum absolute atomic E-state index is 13.7. The third-order valence-electron chi connectivity index (χ3n) is 3.63. The molecule has 3 rings (SSSR count). The van der Waals surface area contributed by atoms with Crippen LogP contribution in [-0.4, -0.2) is 17.0 Å². The fourth-order valence-corrected chi connectivity index (χ4v) is 2.35. The third-order valence-corrected chi connectivity index (χ3v) is 3.63. The molecule has 136 valence electrons. The molecule has 3 aromatic rings. The Balaban J connectivity index is 1.90. The van der Waals surface area contributed by atoms with Gasteiger partial charge in [0.15, 0.2) is 11.6 Å². The highest BCUT2D eigenvalue weighted by atomic mass is 19.1. The second-order valence-corrected chi connectivity index (χ2v) is 5.51. The van der Waals surface area contributed by atoms with Gasteiger partial charge in [0.25, 0.3) is 5.91 Å². The molecule has 0 aliphatic heterocycles. The van der Waals surface area contributed by atoms with Gasteiger partial charge in [0, 0.05) is 17.7 Å². The molecule has 2 N–H and O–H groups in total. The summed E-state index contributed by atoms with van der Waals surface area (Å²) in [5.41, 5.74) is 0.160. The number of anilines is 1. The summed E-state index contributed by atoms with van der Waals surface area (Å²) < 4.78 is 32.1. The van der Waals surface area contributed by atoms with Crippen LogP contribution in [-0.2, 0) is 0 Å². The molecular weight excluding hydrogens is 356 g/mol. The standard InChI is InChI=1S/C20H13F2NO4/c21-13-6-9-18(16(22)10-13)27-14-7-8-15(20(25)26)17(11-14)23-19(24)12-4-2-1-3-5-12/h1-11H,(H,23,24)(H,25,26). The summed E-state index contributed by atoms with van der Waals surface area (Å²) in [5, 5.41) is 11.8. The van der Waals surface area contributed by atoms with Crippen molar-refractivity contribution < 1.29 is 28.2 Å². The lowest BCUT2D eigenvalue weighted by atomic mass is 10.1.